The van der Waals surface area contributed by atoms with E-state index in [1.807, 2.05) is 6.92 Å². The van der Waals surface area contributed by atoms with E-state index in [9.17, 15) is 24.3 Å². The van der Waals surface area contributed by atoms with Crippen LogP contribution in [-0.2, 0) is 19.2 Å². The normalized spacial score (nSPS) is 21.9. The number of carboxylic acid groups (broad SMARTS) is 1. The Morgan fingerprint density at radius 3 is 2.29 bits per heavy atom. The minimum absolute atomic E-state index is 0.241. The van der Waals surface area contributed by atoms with Gasteiger partial charge in [0.05, 0.1) is 6.10 Å². The van der Waals surface area contributed by atoms with Crippen LogP contribution in [0.4, 0.5) is 0 Å². The highest BCUT2D eigenvalue weighted by Gasteiger charge is 2.39. The fourth-order valence-corrected chi connectivity index (χ4v) is 3.02. The third-order valence-corrected chi connectivity index (χ3v) is 5.17. The highest BCUT2D eigenvalue weighted by Crippen LogP contribution is 2.20. The van der Waals surface area contributed by atoms with Crippen molar-refractivity contribution in [1.82, 2.24) is 15.5 Å². The monoisotopic (exact) mass is 400 g/mol. The summed E-state index contributed by atoms with van der Waals surface area (Å²) in [4.78, 5) is 50.1. The first-order valence-corrected chi connectivity index (χ1v) is 9.58. The molecule has 1 saturated heterocycles. The summed E-state index contributed by atoms with van der Waals surface area (Å²) in [5, 5.41) is 23.6. The number of carbonyl (C=O) groups is 4. The minimum Gasteiger partial charge on any atom is -0.480 e. The smallest absolute Gasteiger partial charge is 0.325 e. The summed E-state index contributed by atoms with van der Waals surface area (Å²) in [6, 6.07) is -3.93. The van der Waals surface area contributed by atoms with Crippen molar-refractivity contribution in [2.24, 2.45) is 11.7 Å². The first-order chi connectivity index (χ1) is 13.0. The molecule has 1 aliphatic heterocycles. The predicted octanol–water partition coefficient (Wildman–Crippen LogP) is -1.19. The van der Waals surface area contributed by atoms with Gasteiger partial charge in [0, 0.05) is 6.54 Å². The molecule has 6 N–H and O–H groups in total. The zero-order chi connectivity index (χ0) is 21.6. The van der Waals surface area contributed by atoms with E-state index in [0.29, 0.717) is 25.8 Å². The number of carboxylic acids is 1. The van der Waals surface area contributed by atoms with Gasteiger partial charge in [-0.25, -0.2) is 0 Å². The van der Waals surface area contributed by atoms with Gasteiger partial charge in [-0.15, -0.1) is 0 Å². The van der Waals surface area contributed by atoms with Crippen LogP contribution in [0.2, 0.25) is 0 Å². The molecular weight excluding hydrogens is 368 g/mol. The number of nitrogens with zero attached hydrogens (tertiary/aromatic N) is 1. The highest BCUT2D eigenvalue weighted by molar-refractivity contribution is 5.94. The van der Waals surface area contributed by atoms with Crippen molar-refractivity contribution in [3.63, 3.8) is 0 Å². The third-order valence-electron chi connectivity index (χ3n) is 5.17. The van der Waals surface area contributed by atoms with Crippen LogP contribution in [0.25, 0.3) is 0 Å². The van der Waals surface area contributed by atoms with Gasteiger partial charge in [0.15, 0.2) is 0 Å². The molecule has 1 fully saturated rings. The van der Waals surface area contributed by atoms with Crippen molar-refractivity contribution in [3.05, 3.63) is 0 Å². The number of carbonyl (C=O) groups excluding carboxylic acids is 3. The van der Waals surface area contributed by atoms with Gasteiger partial charge in [-0.2, -0.15) is 0 Å². The fourth-order valence-electron chi connectivity index (χ4n) is 3.02. The second-order valence-electron chi connectivity index (χ2n) is 7.40. The second-order valence-corrected chi connectivity index (χ2v) is 7.40. The summed E-state index contributed by atoms with van der Waals surface area (Å²) in [6.07, 6.45) is 0.560. The van der Waals surface area contributed by atoms with E-state index in [2.05, 4.69) is 10.6 Å². The first kappa shape index (κ1) is 23.8. The largest absolute Gasteiger partial charge is 0.480 e. The molecule has 10 nitrogen and oxygen atoms in total. The van der Waals surface area contributed by atoms with E-state index >= 15 is 0 Å². The van der Waals surface area contributed by atoms with Crippen LogP contribution in [0, 0.1) is 5.92 Å². The van der Waals surface area contributed by atoms with Gasteiger partial charge in [0.2, 0.25) is 17.7 Å². The van der Waals surface area contributed by atoms with Crippen LogP contribution in [-0.4, -0.2) is 75.6 Å². The molecule has 1 rings (SSSR count). The summed E-state index contributed by atoms with van der Waals surface area (Å²) < 4.78 is 0. The standard InChI is InChI=1S/C18H32N4O6/c1-5-9(2)14(16(25)20-10(3)18(27)28)21-15(24)12-7-6-8-22(12)17(26)13(19)11(4)23/h9-14,23H,5-8,19H2,1-4H3,(H,20,25)(H,21,24)(H,27,28). The van der Waals surface area contributed by atoms with E-state index in [4.69, 9.17) is 10.8 Å². The Balaban J connectivity index is 2.90. The SMILES string of the molecule is CCC(C)C(NC(=O)C1CCCN1C(=O)C(N)C(C)O)C(=O)NC(C)C(=O)O. The molecule has 0 aliphatic carbocycles. The van der Waals surface area contributed by atoms with Crippen molar-refractivity contribution in [3.8, 4) is 0 Å². The Labute approximate surface area is 164 Å². The minimum atomic E-state index is -1.18. The number of hydrogen-bond acceptors (Lipinski definition) is 6. The van der Waals surface area contributed by atoms with E-state index < -0.39 is 54.0 Å². The van der Waals surface area contributed by atoms with Gasteiger partial charge in [-0.1, -0.05) is 20.3 Å². The average Bonchev–Trinajstić information content (AvgIpc) is 3.13. The molecular formula is C18H32N4O6. The average molecular weight is 400 g/mol. The Bertz CT molecular complexity index is 597. The van der Waals surface area contributed by atoms with E-state index in [-0.39, 0.29) is 5.92 Å². The maximum Gasteiger partial charge on any atom is 0.325 e. The van der Waals surface area contributed by atoms with Crippen molar-refractivity contribution >= 4 is 23.7 Å². The Kier molecular flexibility index (Phi) is 8.83. The second kappa shape index (κ2) is 10.4. The molecule has 0 spiro atoms. The van der Waals surface area contributed by atoms with Gasteiger partial charge in [0.1, 0.15) is 24.2 Å². The molecule has 160 valence electrons. The molecule has 0 radical (unpaired) electrons. The number of nitrogens with two attached hydrogens (primary N) is 1. The van der Waals surface area contributed by atoms with Gasteiger partial charge in [-0.05, 0) is 32.6 Å². The Morgan fingerprint density at radius 1 is 1.18 bits per heavy atom. The molecule has 0 saturated carbocycles. The van der Waals surface area contributed by atoms with Crippen molar-refractivity contribution in [2.45, 2.75) is 77.2 Å². The molecule has 1 aliphatic rings. The lowest BCUT2D eigenvalue weighted by molar-refractivity contribution is -0.143. The summed E-state index contributed by atoms with van der Waals surface area (Å²) in [5.74, 6) is -3.02. The van der Waals surface area contributed by atoms with Crippen LogP contribution in [0.5, 0.6) is 0 Å². The summed E-state index contributed by atoms with van der Waals surface area (Å²) in [6.45, 7) is 6.71. The summed E-state index contributed by atoms with van der Waals surface area (Å²) in [5.41, 5.74) is 5.71. The molecule has 6 unspecified atom stereocenters. The quantitative estimate of drug-likeness (QED) is 0.325. The molecule has 10 heteroatoms. The van der Waals surface area contributed by atoms with Crippen LogP contribution in [0.1, 0.15) is 47.0 Å². The lowest BCUT2D eigenvalue weighted by atomic mass is 9.97. The van der Waals surface area contributed by atoms with Crippen molar-refractivity contribution < 1.29 is 29.4 Å². The molecule has 1 heterocycles. The molecule has 0 aromatic carbocycles. The van der Waals surface area contributed by atoms with Crippen molar-refractivity contribution in [1.29, 1.82) is 0 Å². The molecule has 0 bridgehead atoms. The fraction of sp³-hybridized carbons (Fsp3) is 0.778. The molecule has 3 amide bonds. The van der Waals surface area contributed by atoms with Crippen LogP contribution >= 0.6 is 0 Å². The third kappa shape index (κ3) is 5.90. The Morgan fingerprint density at radius 2 is 1.79 bits per heavy atom. The zero-order valence-corrected chi connectivity index (χ0v) is 16.8. The van der Waals surface area contributed by atoms with Crippen molar-refractivity contribution in [2.75, 3.05) is 6.54 Å². The number of likely N-dealkylation sites (tertiary alicyclic amines) is 1. The number of aliphatic carboxylic acids is 1. The van der Waals surface area contributed by atoms with Crippen LogP contribution in [0.15, 0.2) is 0 Å². The van der Waals surface area contributed by atoms with E-state index in [0.717, 1.165) is 0 Å². The highest BCUT2D eigenvalue weighted by atomic mass is 16.4. The van der Waals surface area contributed by atoms with Gasteiger partial charge in [-0.3, -0.25) is 19.2 Å². The number of aliphatic hydroxyl groups excluding tert-OH is 1. The predicted molar refractivity (Wildman–Crippen MR) is 101 cm³/mol. The maximum atomic E-state index is 12.8. The topological polar surface area (TPSA) is 162 Å². The molecule has 6 atom stereocenters. The number of nitrogens with one attached hydrogen (secondary N) is 2. The van der Waals surface area contributed by atoms with Crippen LogP contribution < -0.4 is 16.4 Å². The van der Waals surface area contributed by atoms with Crippen LogP contribution in [0.3, 0.4) is 0 Å². The lowest BCUT2D eigenvalue weighted by Gasteiger charge is -2.30. The molecule has 28 heavy (non-hydrogen) atoms. The molecule has 0 aromatic rings. The van der Waals surface area contributed by atoms with Gasteiger partial charge < -0.3 is 31.5 Å². The summed E-state index contributed by atoms with van der Waals surface area (Å²) in [7, 11) is 0. The maximum absolute atomic E-state index is 12.8. The summed E-state index contributed by atoms with van der Waals surface area (Å²) >= 11 is 0. The van der Waals surface area contributed by atoms with Gasteiger partial charge >= 0.3 is 5.97 Å². The number of hydrogen-bond donors (Lipinski definition) is 5. The lowest BCUT2D eigenvalue weighted by Crippen LogP contribution is -2.58. The number of amides is 3. The van der Waals surface area contributed by atoms with Gasteiger partial charge in [0.25, 0.3) is 0 Å². The molecule has 0 aromatic heterocycles. The van der Waals surface area contributed by atoms with E-state index in [1.54, 1.807) is 6.92 Å². The number of aliphatic hydroxyl groups is 1. The number of rotatable bonds is 9. The van der Waals surface area contributed by atoms with E-state index in [1.165, 1.54) is 18.7 Å². The Hall–Kier alpha value is -2.20. The first-order valence-electron chi connectivity index (χ1n) is 9.58. The zero-order valence-electron chi connectivity index (χ0n) is 16.8.